The lowest BCUT2D eigenvalue weighted by atomic mass is 10.9. The van der Waals surface area contributed by atoms with E-state index in [1.807, 2.05) is 20.8 Å². The summed E-state index contributed by atoms with van der Waals surface area (Å²) < 4.78 is 15.7. The third kappa shape index (κ3) is 9.59. The van der Waals surface area contributed by atoms with Crippen LogP contribution in [0.1, 0.15) is 20.8 Å². The van der Waals surface area contributed by atoms with Crippen LogP contribution >= 0.6 is 0 Å². The lowest BCUT2D eigenvalue weighted by molar-refractivity contribution is 0.107. The van der Waals surface area contributed by atoms with Gasteiger partial charge in [-0.3, -0.25) is 4.79 Å². The SMILES string of the molecule is CCO[SiH](OCC)OCC.O=c1cc1. The number of hydrogen-bond donors (Lipinski definition) is 0. The zero-order chi connectivity index (χ0) is 10.8. The van der Waals surface area contributed by atoms with Crippen LogP contribution in [0.25, 0.3) is 0 Å². The fourth-order valence-electron chi connectivity index (χ4n) is 0.587. The van der Waals surface area contributed by atoms with Gasteiger partial charge in [0.25, 0.3) is 0 Å². The molecule has 5 heteroatoms. The molecule has 0 fully saturated rings. The lowest BCUT2D eigenvalue weighted by Gasteiger charge is -2.12. The normalized spacial score (nSPS) is 10.3. The highest BCUT2D eigenvalue weighted by molar-refractivity contribution is 6.36. The summed E-state index contributed by atoms with van der Waals surface area (Å²) in [5.41, 5.74) is 0.167. The highest BCUT2D eigenvalue weighted by atomic mass is 28.3. The molecule has 0 aliphatic heterocycles. The van der Waals surface area contributed by atoms with Gasteiger partial charge in [0.15, 0.2) is 5.43 Å². The maximum atomic E-state index is 9.44. The zero-order valence-corrected chi connectivity index (χ0v) is 10.1. The molecule has 0 bridgehead atoms. The molecule has 82 valence electrons. The van der Waals surface area contributed by atoms with Gasteiger partial charge in [-0.05, 0) is 32.9 Å². The van der Waals surface area contributed by atoms with E-state index >= 15 is 0 Å². The molecule has 14 heavy (non-hydrogen) atoms. The molecule has 0 atom stereocenters. The van der Waals surface area contributed by atoms with E-state index in [2.05, 4.69) is 0 Å². The lowest BCUT2D eigenvalue weighted by Crippen LogP contribution is -2.27. The Morgan fingerprint density at radius 2 is 1.29 bits per heavy atom. The topological polar surface area (TPSA) is 44.8 Å². The van der Waals surface area contributed by atoms with E-state index in [1.165, 1.54) is 12.1 Å². The number of hydrogen-bond acceptors (Lipinski definition) is 4. The number of rotatable bonds is 6. The van der Waals surface area contributed by atoms with Crippen molar-refractivity contribution < 1.29 is 13.3 Å². The second-order valence-corrected chi connectivity index (χ2v) is 3.97. The van der Waals surface area contributed by atoms with E-state index < -0.39 is 9.53 Å². The first kappa shape index (κ1) is 13.5. The van der Waals surface area contributed by atoms with E-state index in [0.717, 1.165) is 0 Å². The largest absolute Gasteiger partial charge is 0.484 e. The zero-order valence-electron chi connectivity index (χ0n) is 8.99. The molecule has 0 amide bonds. The smallest absolute Gasteiger partial charge is 0.376 e. The van der Waals surface area contributed by atoms with Crippen LogP contribution in [0.15, 0.2) is 16.9 Å². The average Bonchev–Trinajstić information content (AvgIpc) is 2.90. The van der Waals surface area contributed by atoms with Crippen LogP contribution in [0.3, 0.4) is 0 Å². The molecule has 0 aliphatic carbocycles. The Kier molecular flexibility index (Phi) is 8.76. The Morgan fingerprint density at radius 1 is 1.00 bits per heavy atom. The second kappa shape index (κ2) is 9.08. The molecule has 0 aliphatic rings. The summed E-state index contributed by atoms with van der Waals surface area (Å²) in [6.07, 6.45) is 0. The van der Waals surface area contributed by atoms with Crippen molar-refractivity contribution in [3.05, 3.63) is 22.4 Å². The summed E-state index contributed by atoms with van der Waals surface area (Å²) in [4.78, 5) is 9.44. The molecular weight excluding hydrogens is 200 g/mol. The molecular formula is C9H18O4Si. The van der Waals surface area contributed by atoms with Crippen molar-refractivity contribution in [2.75, 3.05) is 19.8 Å². The van der Waals surface area contributed by atoms with Gasteiger partial charge in [0.1, 0.15) is 0 Å². The van der Waals surface area contributed by atoms with Crippen molar-refractivity contribution in [2.45, 2.75) is 20.8 Å². The van der Waals surface area contributed by atoms with Gasteiger partial charge in [0.05, 0.1) is 0 Å². The summed E-state index contributed by atoms with van der Waals surface area (Å²) in [5.74, 6) is 0. The van der Waals surface area contributed by atoms with Crippen molar-refractivity contribution >= 4 is 9.53 Å². The molecule has 0 unspecified atom stereocenters. The minimum Gasteiger partial charge on any atom is -0.376 e. The monoisotopic (exact) mass is 218 g/mol. The maximum Gasteiger partial charge on any atom is 0.484 e. The van der Waals surface area contributed by atoms with E-state index in [1.54, 1.807) is 0 Å². The van der Waals surface area contributed by atoms with Gasteiger partial charge in [-0.1, -0.05) is 0 Å². The van der Waals surface area contributed by atoms with Crippen LogP contribution in [0, 0.1) is 0 Å². The summed E-state index contributed by atoms with van der Waals surface area (Å²) in [5, 5.41) is 0. The van der Waals surface area contributed by atoms with Crippen molar-refractivity contribution in [2.24, 2.45) is 0 Å². The van der Waals surface area contributed by atoms with Gasteiger partial charge < -0.3 is 13.3 Å². The summed E-state index contributed by atoms with van der Waals surface area (Å²) in [7, 11) is -1.73. The standard InChI is InChI=1S/C6H16O3Si.C3H2O/c1-4-7-10(8-5-2)9-6-3;4-3-1-2-3/h10H,4-6H2,1-3H3;1-2H. The highest BCUT2D eigenvalue weighted by Crippen LogP contribution is 1.91. The van der Waals surface area contributed by atoms with Gasteiger partial charge in [-0.2, -0.15) is 0 Å². The molecule has 0 radical (unpaired) electrons. The Morgan fingerprint density at radius 3 is 1.43 bits per heavy atom. The van der Waals surface area contributed by atoms with Gasteiger partial charge in [-0.15, -0.1) is 0 Å². The molecule has 0 saturated carbocycles. The molecule has 1 rings (SSSR count). The van der Waals surface area contributed by atoms with Crippen molar-refractivity contribution in [3.63, 3.8) is 0 Å². The molecule has 4 nitrogen and oxygen atoms in total. The Labute approximate surface area is 86.4 Å². The molecule has 0 aromatic heterocycles. The Hall–Kier alpha value is -0.493. The van der Waals surface area contributed by atoms with Gasteiger partial charge in [0, 0.05) is 19.8 Å². The van der Waals surface area contributed by atoms with Gasteiger partial charge in [0.2, 0.25) is 0 Å². The van der Waals surface area contributed by atoms with Gasteiger partial charge >= 0.3 is 9.53 Å². The van der Waals surface area contributed by atoms with Crippen molar-refractivity contribution in [3.8, 4) is 0 Å². The van der Waals surface area contributed by atoms with Crippen LogP contribution in [0.4, 0.5) is 0 Å². The molecule has 1 aromatic rings. The summed E-state index contributed by atoms with van der Waals surface area (Å²) in [6.45, 7) is 7.86. The third-order valence-electron chi connectivity index (χ3n) is 1.21. The minimum atomic E-state index is -1.73. The quantitative estimate of drug-likeness (QED) is 0.661. The predicted molar refractivity (Wildman–Crippen MR) is 57.1 cm³/mol. The molecule has 0 saturated heterocycles. The molecule has 0 N–H and O–H groups in total. The Balaban J connectivity index is 0.000000344. The maximum absolute atomic E-state index is 9.44. The average molecular weight is 218 g/mol. The molecule has 0 spiro atoms. The van der Waals surface area contributed by atoms with Crippen molar-refractivity contribution in [1.29, 1.82) is 0 Å². The molecule has 0 heterocycles. The predicted octanol–water partition coefficient (Wildman–Crippen LogP) is 0.735. The first-order valence-electron chi connectivity index (χ1n) is 4.81. The fourth-order valence-corrected chi connectivity index (χ4v) is 1.69. The van der Waals surface area contributed by atoms with Crippen LogP contribution in [0.5, 0.6) is 0 Å². The van der Waals surface area contributed by atoms with Gasteiger partial charge in [-0.25, -0.2) is 0 Å². The van der Waals surface area contributed by atoms with E-state index in [4.69, 9.17) is 13.3 Å². The van der Waals surface area contributed by atoms with Crippen molar-refractivity contribution in [1.82, 2.24) is 0 Å². The van der Waals surface area contributed by atoms with Crippen LogP contribution in [-0.2, 0) is 13.3 Å². The first-order chi connectivity index (χ1) is 6.74. The van der Waals surface area contributed by atoms with E-state index in [-0.39, 0.29) is 5.43 Å². The molecule has 1 aromatic carbocycles. The van der Waals surface area contributed by atoms with Crippen LogP contribution in [-0.4, -0.2) is 29.3 Å². The van der Waals surface area contributed by atoms with E-state index in [0.29, 0.717) is 19.8 Å². The summed E-state index contributed by atoms with van der Waals surface area (Å²) in [6, 6.07) is 3.06. The van der Waals surface area contributed by atoms with E-state index in [9.17, 15) is 4.79 Å². The second-order valence-electron chi connectivity index (χ2n) is 2.39. The highest BCUT2D eigenvalue weighted by Gasteiger charge is 2.11. The van der Waals surface area contributed by atoms with Crippen LogP contribution in [0.2, 0.25) is 0 Å². The first-order valence-corrected chi connectivity index (χ1v) is 6.22. The summed E-state index contributed by atoms with van der Waals surface area (Å²) >= 11 is 0. The fraction of sp³-hybridized carbons (Fsp3) is 0.667. The van der Waals surface area contributed by atoms with Crippen LogP contribution < -0.4 is 5.43 Å². The minimum absolute atomic E-state index is 0.167. The Bertz CT molecular complexity index is 194. The third-order valence-corrected chi connectivity index (χ3v) is 3.03.